The van der Waals surface area contributed by atoms with Crippen molar-refractivity contribution in [3.63, 3.8) is 0 Å². The van der Waals surface area contributed by atoms with E-state index in [0.29, 0.717) is 0 Å². The number of unbranched alkanes of at least 4 members (excludes halogenated alkanes) is 1. The fraction of sp³-hybridized carbons (Fsp3) is 0.913. The van der Waals surface area contributed by atoms with Gasteiger partial charge in [0.05, 0.1) is 12.2 Å². The van der Waals surface area contributed by atoms with Crippen molar-refractivity contribution in [2.45, 2.75) is 116 Å². The van der Waals surface area contributed by atoms with Crippen LogP contribution in [-0.4, -0.2) is 49.8 Å². The van der Waals surface area contributed by atoms with Crippen molar-refractivity contribution in [2.75, 3.05) is 13.7 Å². The molecule has 0 saturated carbocycles. The molecule has 1 aliphatic heterocycles. The Morgan fingerprint density at radius 2 is 1.90 bits per heavy atom. The van der Waals surface area contributed by atoms with Crippen LogP contribution in [0.2, 0.25) is 0 Å². The molecule has 5 N–H and O–H groups in total. The molecule has 8 heteroatoms. The molecule has 184 valence electrons. The van der Waals surface area contributed by atoms with Gasteiger partial charge in [0.15, 0.2) is 0 Å². The molecule has 0 aromatic rings. The van der Waals surface area contributed by atoms with Crippen LogP contribution in [0.25, 0.3) is 0 Å². The minimum Gasteiger partial charge on any atom is -0.376 e. The van der Waals surface area contributed by atoms with Crippen LogP contribution in [0.5, 0.6) is 0 Å². The molecule has 1 saturated heterocycles. The normalized spacial score (nSPS) is 31.6. The summed E-state index contributed by atoms with van der Waals surface area (Å²) in [5.41, 5.74) is 3.82. The summed E-state index contributed by atoms with van der Waals surface area (Å²) in [6.07, 6.45) is 6.23. The van der Waals surface area contributed by atoms with E-state index in [9.17, 15) is 0 Å². The second-order valence-corrected chi connectivity index (χ2v) is 8.82. The molecule has 0 bridgehead atoms. The highest BCUT2D eigenvalue weighted by Gasteiger charge is 2.57. The lowest BCUT2D eigenvalue weighted by molar-refractivity contribution is -0.318. The number of ether oxygens (including phenoxy) is 2. The van der Waals surface area contributed by atoms with Crippen LogP contribution in [0.15, 0.2) is 11.6 Å². The molecule has 0 amide bonds. The molecule has 0 spiro atoms. The number of hydroxylamine groups is 1. The highest BCUT2D eigenvalue weighted by molar-refractivity contribution is 5.08. The summed E-state index contributed by atoms with van der Waals surface area (Å²) in [5, 5.41) is 0. The molecule has 1 rings (SSSR count). The summed E-state index contributed by atoms with van der Waals surface area (Å²) in [7, 11) is 1.62. The maximum Gasteiger partial charge on any atom is 0.139 e. The minimum atomic E-state index is -0.719. The number of methoxy groups -OCH3 is 1. The van der Waals surface area contributed by atoms with E-state index >= 15 is 0 Å². The summed E-state index contributed by atoms with van der Waals surface area (Å²) in [6.45, 7) is 12.9. The van der Waals surface area contributed by atoms with Gasteiger partial charge in [-0.3, -0.25) is 9.68 Å². The number of allylic oxidation sites excluding steroid dienone is 2. The molecule has 0 radical (unpaired) electrons. The number of nitrogens with two attached hydrogens (primary N) is 2. The van der Waals surface area contributed by atoms with Crippen LogP contribution in [0.4, 0.5) is 0 Å². The lowest BCUT2D eigenvalue weighted by atomic mass is 9.73. The van der Waals surface area contributed by atoms with Gasteiger partial charge >= 0.3 is 0 Å². The zero-order valence-electron chi connectivity index (χ0n) is 20.7. The molecule has 8 nitrogen and oxygen atoms in total. The van der Waals surface area contributed by atoms with Crippen LogP contribution < -0.4 is 17.3 Å². The molecule has 1 aliphatic rings. The van der Waals surface area contributed by atoms with Crippen LogP contribution in [0.3, 0.4) is 0 Å². The van der Waals surface area contributed by atoms with Crippen molar-refractivity contribution < 1.29 is 24.0 Å². The van der Waals surface area contributed by atoms with Gasteiger partial charge in [-0.05, 0) is 46.0 Å². The first-order valence-electron chi connectivity index (χ1n) is 11.8. The maximum absolute atomic E-state index is 6.58. The maximum atomic E-state index is 6.58. The van der Waals surface area contributed by atoms with E-state index < -0.39 is 30.0 Å². The molecule has 1 heterocycles. The van der Waals surface area contributed by atoms with Gasteiger partial charge in [0.2, 0.25) is 0 Å². The lowest BCUT2D eigenvalue weighted by Crippen LogP contribution is -2.69. The van der Waals surface area contributed by atoms with Gasteiger partial charge in [-0.2, -0.15) is 5.48 Å². The molecule has 7 atom stereocenters. The van der Waals surface area contributed by atoms with E-state index in [1.54, 1.807) is 7.11 Å². The SMILES string of the molecule is C/C=C(/C)C[C@H](CC)[C@@]1(C)OC(CON)C(OC)C(ONC(CC)CCCC)C1ON. The Bertz CT molecular complexity index is 521. The van der Waals surface area contributed by atoms with Crippen molar-refractivity contribution >= 4 is 0 Å². The van der Waals surface area contributed by atoms with Crippen molar-refractivity contribution in [3.05, 3.63) is 11.6 Å². The van der Waals surface area contributed by atoms with Crippen LogP contribution in [0.1, 0.15) is 80.1 Å². The highest BCUT2D eigenvalue weighted by atomic mass is 16.7. The van der Waals surface area contributed by atoms with Crippen LogP contribution in [-0.2, 0) is 24.0 Å². The average Bonchev–Trinajstić information content (AvgIpc) is 2.77. The predicted molar refractivity (Wildman–Crippen MR) is 123 cm³/mol. The third-order valence-electron chi connectivity index (χ3n) is 6.77. The second-order valence-electron chi connectivity index (χ2n) is 8.82. The zero-order valence-corrected chi connectivity index (χ0v) is 20.7. The molecule has 5 unspecified atom stereocenters. The van der Waals surface area contributed by atoms with Gasteiger partial charge in [0, 0.05) is 13.2 Å². The molecule has 0 aromatic carbocycles. The van der Waals surface area contributed by atoms with E-state index in [1.165, 1.54) is 5.57 Å². The van der Waals surface area contributed by atoms with Gasteiger partial charge in [-0.25, -0.2) is 11.8 Å². The molecule has 1 fully saturated rings. The number of hydrogen-bond acceptors (Lipinski definition) is 8. The third kappa shape index (κ3) is 7.47. The van der Waals surface area contributed by atoms with E-state index in [1.807, 2.05) is 13.8 Å². The van der Waals surface area contributed by atoms with Gasteiger partial charge in [0.25, 0.3) is 0 Å². The van der Waals surface area contributed by atoms with Crippen LogP contribution >= 0.6 is 0 Å². The first-order chi connectivity index (χ1) is 14.9. The smallest absolute Gasteiger partial charge is 0.139 e. The third-order valence-corrected chi connectivity index (χ3v) is 6.77. The first kappa shape index (κ1) is 28.5. The fourth-order valence-corrected chi connectivity index (χ4v) is 4.58. The highest BCUT2D eigenvalue weighted by Crippen LogP contribution is 2.42. The Balaban J connectivity index is 3.24. The summed E-state index contributed by atoms with van der Waals surface area (Å²) >= 11 is 0. The van der Waals surface area contributed by atoms with Gasteiger partial charge in [0.1, 0.15) is 24.4 Å². The second kappa shape index (κ2) is 14.5. The minimum absolute atomic E-state index is 0.156. The summed E-state index contributed by atoms with van der Waals surface area (Å²) in [4.78, 5) is 16.8. The van der Waals surface area contributed by atoms with Crippen molar-refractivity contribution in [1.29, 1.82) is 0 Å². The summed E-state index contributed by atoms with van der Waals surface area (Å²) in [6, 6.07) is 0.237. The topological polar surface area (TPSA) is 110 Å². The largest absolute Gasteiger partial charge is 0.376 e. The molecular weight excluding hydrogens is 398 g/mol. The van der Waals surface area contributed by atoms with Crippen molar-refractivity contribution in [1.82, 2.24) is 5.48 Å². The Morgan fingerprint density at radius 1 is 1.19 bits per heavy atom. The van der Waals surface area contributed by atoms with Gasteiger partial charge < -0.3 is 14.3 Å². The van der Waals surface area contributed by atoms with Crippen molar-refractivity contribution in [2.24, 2.45) is 17.7 Å². The number of rotatable bonds is 15. The summed E-state index contributed by atoms with van der Waals surface area (Å²) < 4.78 is 12.4. The van der Waals surface area contributed by atoms with Crippen molar-refractivity contribution in [3.8, 4) is 0 Å². The standard InChI is InChI=1S/C23H47N3O5/c1-8-12-13-18(11-4)26-31-21-20(27-7)19(15-28-24)29-23(6,22(21)30-25)17(10-3)14-16(5)9-2/h9,17-22,26H,8,10-15,24-25H2,1-7H3/b16-9-/t17-,18?,19?,20?,21?,22?,23+/m0/s1. The molecule has 0 aromatic heterocycles. The van der Waals surface area contributed by atoms with E-state index in [-0.39, 0.29) is 18.6 Å². The average molecular weight is 446 g/mol. The first-order valence-corrected chi connectivity index (χ1v) is 11.8. The quantitative estimate of drug-likeness (QED) is 0.259. The fourth-order valence-electron chi connectivity index (χ4n) is 4.58. The monoisotopic (exact) mass is 445 g/mol. The van der Waals surface area contributed by atoms with Crippen LogP contribution in [0, 0.1) is 5.92 Å². The number of nitrogens with one attached hydrogen (secondary N) is 1. The van der Waals surface area contributed by atoms with E-state index in [0.717, 1.165) is 38.5 Å². The lowest BCUT2D eigenvalue weighted by Gasteiger charge is -2.53. The Kier molecular flexibility index (Phi) is 13.3. The Hall–Kier alpha value is -0.580. The number of hydrogen-bond donors (Lipinski definition) is 3. The molecule has 31 heavy (non-hydrogen) atoms. The Labute approximate surface area is 189 Å². The Morgan fingerprint density at radius 3 is 2.39 bits per heavy atom. The molecular formula is C23H47N3O5. The van der Waals surface area contributed by atoms with Gasteiger partial charge in [-0.1, -0.05) is 51.7 Å². The summed E-state index contributed by atoms with van der Waals surface area (Å²) in [5.74, 6) is 11.5. The van der Waals surface area contributed by atoms with E-state index in [2.05, 4.69) is 39.3 Å². The molecule has 0 aliphatic carbocycles. The van der Waals surface area contributed by atoms with Gasteiger partial charge in [-0.15, -0.1) is 0 Å². The van der Waals surface area contributed by atoms with E-state index in [4.69, 9.17) is 35.8 Å². The zero-order chi connectivity index (χ0) is 23.4. The predicted octanol–water partition coefficient (Wildman–Crippen LogP) is 3.55.